The van der Waals surface area contributed by atoms with E-state index in [1.807, 2.05) is 33.0 Å². The Morgan fingerprint density at radius 2 is 1.76 bits per heavy atom. The Morgan fingerprint density at radius 3 is 2.18 bits per heavy atom. The Kier molecular flexibility index (Phi) is 4.68. The van der Waals surface area contributed by atoms with Crippen LogP contribution in [0.15, 0.2) is 29.2 Å². The maximum Gasteiger partial charge on any atom is 0.243 e. The molecule has 17 heavy (non-hydrogen) atoms. The maximum atomic E-state index is 12.2. The van der Waals surface area contributed by atoms with Crippen LogP contribution >= 0.6 is 0 Å². The van der Waals surface area contributed by atoms with Gasteiger partial charge >= 0.3 is 0 Å². The van der Waals surface area contributed by atoms with Crippen molar-refractivity contribution in [2.75, 3.05) is 14.1 Å². The molecule has 0 amide bonds. The van der Waals surface area contributed by atoms with Gasteiger partial charge in [-0.05, 0) is 38.6 Å². The normalized spacial score (nSPS) is 12.4. The van der Waals surface area contributed by atoms with Crippen molar-refractivity contribution in [3.63, 3.8) is 0 Å². The molecular weight excluding hydrogens is 236 g/mol. The van der Waals surface area contributed by atoms with Gasteiger partial charge in [0, 0.05) is 19.6 Å². The van der Waals surface area contributed by atoms with Gasteiger partial charge in [0.15, 0.2) is 0 Å². The average Bonchev–Trinajstić information content (AvgIpc) is 2.29. The van der Waals surface area contributed by atoms with Crippen LogP contribution in [0.3, 0.4) is 0 Å². The van der Waals surface area contributed by atoms with E-state index in [0.29, 0.717) is 4.90 Å². The van der Waals surface area contributed by atoms with Crippen LogP contribution in [0.2, 0.25) is 0 Å². The van der Waals surface area contributed by atoms with Crippen molar-refractivity contribution in [2.45, 2.75) is 31.3 Å². The molecule has 0 atom stereocenters. The van der Waals surface area contributed by atoms with Gasteiger partial charge in [-0.1, -0.05) is 12.1 Å². The van der Waals surface area contributed by atoms with Crippen LogP contribution in [-0.4, -0.2) is 32.9 Å². The van der Waals surface area contributed by atoms with Crippen molar-refractivity contribution in [2.24, 2.45) is 0 Å². The van der Waals surface area contributed by atoms with Crippen molar-refractivity contribution in [1.82, 2.24) is 9.62 Å². The summed E-state index contributed by atoms with van der Waals surface area (Å²) in [6, 6.07) is 6.92. The highest BCUT2D eigenvalue weighted by molar-refractivity contribution is 7.89. The lowest BCUT2D eigenvalue weighted by atomic mass is 10.2. The number of hydrogen-bond donors (Lipinski definition) is 1. The molecule has 0 fully saturated rings. The third-order valence-electron chi connectivity index (χ3n) is 2.71. The molecule has 0 spiro atoms. The monoisotopic (exact) mass is 256 g/mol. The van der Waals surface area contributed by atoms with Gasteiger partial charge in [0.05, 0.1) is 4.90 Å². The molecule has 0 saturated heterocycles. The molecule has 1 rings (SSSR count). The Bertz CT molecular complexity index is 452. The van der Waals surface area contributed by atoms with E-state index >= 15 is 0 Å². The zero-order chi connectivity index (χ0) is 13.1. The summed E-state index contributed by atoms with van der Waals surface area (Å²) < 4.78 is 25.7. The second-order valence-corrected chi connectivity index (χ2v) is 6.29. The van der Waals surface area contributed by atoms with E-state index in [9.17, 15) is 8.42 Å². The van der Waals surface area contributed by atoms with Gasteiger partial charge < -0.3 is 5.32 Å². The number of benzene rings is 1. The highest BCUT2D eigenvalue weighted by atomic mass is 32.2. The van der Waals surface area contributed by atoms with E-state index in [0.717, 1.165) is 12.1 Å². The maximum absolute atomic E-state index is 12.2. The van der Waals surface area contributed by atoms with Crippen LogP contribution in [0, 0.1) is 0 Å². The van der Waals surface area contributed by atoms with Crippen LogP contribution < -0.4 is 5.32 Å². The van der Waals surface area contributed by atoms with E-state index in [1.165, 1.54) is 4.31 Å². The van der Waals surface area contributed by atoms with Gasteiger partial charge in [0.25, 0.3) is 0 Å². The lowest BCUT2D eigenvalue weighted by Gasteiger charge is -2.21. The van der Waals surface area contributed by atoms with E-state index in [1.54, 1.807) is 19.2 Å². The Balaban J connectivity index is 3.00. The molecule has 0 radical (unpaired) electrons. The molecule has 5 heteroatoms. The molecule has 1 aromatic rings. The second-order valence-electron chi connectivity index (χ2n) is 4.29. The summed E-state index contributed by atoms with van der Waals surface area (Å²) in [5.41, 5.74) is 1.07. The fourth-order valence-electron chi connectivity index (χ4n) is 1.43. The summed E-state index contributed by atoms with van der Waals surface area (Å²) in [5.74, 6) is 0. The highest BCUT2D eigenvalue weighted by Crippen LogP contribution is 2.16. The molecule has 0 heterocycles. The molecular formula is C12H20N2O2S. The first kappa shape index (κ1) is 14.2. The summed E-state index contributed by atoms with van der Waals surface area (Å²) in [4.78, 5) is 0.341. The van der Waals surface area contributed by atoms with Gasteiger partial charge in [-0.2, -0.15) is 4.31 Å². The van der Waals surface area contributed by atoms with Crippen molar-refractivity contribution in [3.05, 3.63) is 29.8 Å². The molecule has 0 aliphatic carbocycles. The summed E-state index contributed by atoms with van der Waals surface area (Å²) in [7, 11) is 0.100. The standard InChI is InChI=1S/C12H20N2O2S/c1-10(2)14(4)17(15,16)12-7-5-11(6-8-12)9-13-3/h5-8,10,13H,9H2,1-4H3. The second kappa shape index (κ2) is 5.62. The third kappa shape index (κ3) is 3.28. The summed E-state index contributed by atoms with van der Waals surface area (Å²) in [5, 5.41) is 3.02. The predicted molar refractivity (Wildman–Crippen MR) is 69.3 cm³/mol. The van der Waals surface area contributed by atoms with Crippen LogP contribution in [0.25, 0.3) is 0 Å². The molecule has 0 aromatic heterocycles. The van der Waals surface area contributed by atoms with E-state index in [2.05, 4.69) is 5.32 Å². The fraction of sp³-hybridized carbons (Fsp3) is 0.500. The van der Waals surface area contributed by atoms with Gasteiger partial charge in [-0.15, -0.1) is 0 Å². The van der Waals surface area contributed by atoms with E-state index in [4.69, 9.17) is 0 Å². The van der Waals surface area contributed by atoms with Crippen LogP contribution in [0.4, 0.5) is 0 Å². The SMILES string of the molecule is CNCc1ccc(S(=O)(=O)N(C)C(C)C)cc1. The molecule has 0 unspecified atom stereocenters. The summed E-state index contributed by atoms with van der Waals surface area (Å²) in [6.07, 6.45) is 0. The van der Waals surface area contributed by atoms with Crippen molar-refractivity contribution < 1.29 is 8.42 Å². The average molecular weight is 256 g/mol. The van der Waals surface area contributed by atoms with Crippen molar-refractivity contribution in [3.8, 4) is 0 Å². The first-order chi connectivity index (χ1) is 7.89. The van der Waals surface area contributed by atoms with Crippen molar-refractivity contribution >= 4 is 10.0 Å². The van der Waals surface area contributed by atoms with Gasteiger partial charge in [0.2, 0.25) is 10.0 Å². The fourth-order valence-corrected chi connectivity index (χ4v) is 2.79. The quantitative estimate of drug-likeness (QED) is 0.867. The smallest absolute Gasteiger partial charge is 0.243 e. The Morgan fingerprint density at radius 1 is 1.24 bits per heavy atom. The molecule has 0 bridgehead atoms. The van der Waals surface area contributed by atoms with Crippen molar-refractivity contribution in [1.29, 1.82) is 0 Å². The summed E-state index contributed by atoms with van der Waals surface area (Å²) >= 11 is 0. The van der Waals surface area contributed by atoms with Gasteiger partial charge in [-0.25, -0.2) is 8.42 Å². The lowest BCUT2D eigenvalue weighted by Crippen LogP contribution is -2.33. The zero-order valence-corrected chi connectivity index (χ0v) is 11.6. The van der Waals surface area contributed by atoms with E-state index in [-0.39, 0.29) is 6.04 Å². The molecule has 0 aliphatic rings. The minimum Gasteiger partial charge on any atom is -0.316 e. The van der Waals surface area contributed by atoms with Crippen LogP contribution in [-0.2, 0) is 16.6 Å². The molecule has 1 N–H and O–H groups in total. The Labute approximate surface area is 104 Å². The lowest BCUT2D eigenvalue weighted by molar-refractivity contribution is 0.410. The third-order valence-corrected chi connectivity index (χ3v) is 4.76. The zero-order valence-electron chi connectivity index (χ0n) is 10.8. The van der Waals surface area contributed by atoms with Crippen LogP contribution in [0.1, 0.15) is 19.4 Å². The topological polar surface area (TPSA) is 49.4 Å². The molecule has 0 aliphatic heterocycles. The molecule has 4 nitrogen and oxygen atoms in total. The highest BCUT2D eigenvalue weighted by Gasteiger charge is 2.22. The summed E-state index contributed by atoms with van der Waals surface area (Å²) in [6.45, 7) is 4.44. The predicted octanol–water partition coefficient (Wildman–Crippen LogP) is 1.43. The molecule has 1 aromatic carbocycles. The van der Waals surface area contributed by atoms with Crippen LogP contribution in [0.5, 0.6) is 0 Å². The van der Waals surface area contributed by atoms with Gasteiger partial charge in [-0.3, -0.25) is 0 Å². The largest absolute Gasteiger partial charge is 0.316 e. The Hall–Kier alpha value is -0.910. The minimum atomic E-state index is -3.36. The van der Waals surface area contributed by atoms with Gasteiger partial charge in [0.1, 0.15) is 0 Å². The molecule has 96 valence electrons. The number of hydrogen-bond acceptors (Lipinski definition) is 3. The number of nitrogens with one attached hydrogen (secondary N) is 1. The van der Waals surface area contributed by atoms with E-state index < -0.39 is 10.0 Å². The minimum absolute atomic E-state index is 0.0445. The number of nitrogens with zero attached hydrogens (tertiary/aromatic N) is 1. The molecule has 0 saturated carbocycles. The first-order valence-corrected chi connectivity index (χ1v) is 7.05. The number of rotatable bonds is 5. The number of sulfonamides is 1. The first-order valence-electron chi connectivity index (χ1n) is 5.61.